The monoisotopic (exact) mass is 762 g/mol. The van der Waals surface area contributed by atoms with Gasteiger partial charge in [0, 0.05) is 75.5 Å². The zero-order valence-electron chi connectivity index (χ0n) is 16.6. The van der Waals surface area contributed by atoms with Crippen molar-refractivity contribution in [3.05, 3.63) is 0 Å². The van der Waals surface area contributed by atoms with Gasteiger partial charge in [-0.05, 0) is 57.8 Å². The number of carboxylic acid groups (broad SMARTS) is 6. The number of aliphatic carboxylic acids is 6. The van der Waals surface area contributed by atoms with Gasteiger partial charge in [0.15, 0.2) is 16.2 Å². The van der Waals surface area contributed by atoms with Crippen LogP contribution in [0.3, 0.4) is 0 Å². The van der Waals surface area contributed by atoms with E-state index in [2.05, 4.69) is 0 Å². The molecule has 12 nitrogen and oxygen atoms in total. The summed E-state index contributed by atoms with van der Waals surface area (Å²) in [5.41, 5.74) is -4.33. The first-order chi connectivity index (χ1) is 13.8. The van der Waals surface area contributed by atoms with Crippen molar-refractivity contribution in [3.8, 4) is 0 Å². The van der Waals surface area contributed by atoms with Gasteiger partial charge in [0.05, 0.1) is 0 Å². The third-order valence-corrected chi connectivity index (χ3v) is 6.08. The third-order valence-electron chi connectivity index (χ3n) is 6.08. The molecule has 3 aliphatic carbocycles. The van der Waals surface area contributed by atoms with Crippen LogP contribution in [-0.4, -0.2) is 66.5 Å². The van der Waals surface area contributed by atoms with Crippen molar-refractivity contribution < 1.29 is 135 Å². The molecule has 2 radical (unpaired) electrons. The van der Waals surface area contributed by atoms with Crippen LogP contribution in [0.1, 0.15) is 57.8 Å². The largest absolute Gasteiger partial charge is 0.480 e. The third kappa shape index (κ3) is 6.69. The van der Waals surface area contributed by atoms with Gasteiger partial charge in [-0.15, -0.1) is 0 Å². The molecule has 0 amide bonds. The summed E-state index contributed by atoms with van der Waals surface area (Å²) in [4.78, 5) is 62.2. The predicted molar refractivity (Wildman–Crippen MR) is 94.7 cm³/mol. The van der Waals surface area contributed by atoms with Crippen LogP contribution in [0.15, 0.2) is 0 Å². The fourth-order valence-corrected chi connectivity index (χ4v) is 3.15. The Balaban J connectivity index is 0. The summed E-state index contributed by atoms with van der Waals surface area (Å²) in [6.07, 6.45) is 3.77. The average Bonchev–Trinajstić information content (AvgIpc) is 2.41. The zero-order valence-corrected chi connectivity index (χ0v) is 20.5. The smallest absolute Gasteiger partial charge is 0.321 e. The van der Waals surface area contributed by atoms with Gasteiger partial charge in [-0.3, -0.25) is 28.8 Å². The van der Waals surface area contributed by atoms with Gasteiger partial charge in [0.25, 0.3) is 0 Å². The minimum atomic E-state index is -1.44. The first kappa shape index (κ1) is 33.5. The van der Waals surface area contributed by atoms with E-state index in [9.17, 15) is 28.8 Å². The van der Waals surface area contributed by atoms with Crippen LogP contribution in [0.5, 0.6) is 0 Å². The summed E-state index contributed by atoms with van der Waals surface area (Å²) in [5, 5.41) is 50.8. The molecule has 3 saturated carbocycles. The van der Waals surface area contributed by atoms with E-state index in [1.54, 1.807) is 0 Å². The maximum atomic E-state index is 10.4. The minimum Gasteiger partial charge on any atom is -0.480 e. The fraction of sp³-hybridized carbons (Fsp3) is 0.667. The second kappa shape index (κ2) is 13.3. The van der Waals surface area contributed by atoms with Crippen molar-refractivity contribution >= 4 is 35.8 Å². The number of hydrogen-bond acceptors (Lipinski definition) is 6. The molecule has 0 aromatic heterocycles. The van der Waals surface area contributed by atoms with E-state index in [1.807, 2.05) is 0 Å². The summed E-state index contributed by atoms with van der Waals surface area (Å²) in [7, 11) is 0. The van der Waals surface area contributed by atoms with Gasteiger partial charge < -0.3 is 30.6 Å². The Morgan fingerprint density at radius 3 is 0.500 bits per heavy atom. The van der Waals surface area contributed by atoms with Gasteiger partial charge in [0.1, 0.15) is 0 Å². The summed E-state index contributed by atoms with van der Waals surface area (Å²) in [5.74, 6) is -7.22. The maximum absolute atomic E-state index is 10.4. The quantitative estimate of drug-likeness (QED) is 0.165. The molecular weight excluding hydrogens is 738 g/mol. The predicted octanol–water partition coefficient (Wildman–Crippen LogP) is 0.978. The molecule has 6 N–H and O–H groups in total. The maximum Gasteiger partial charge on any atom is 0.321 e. The van der Waals surface area contributed by atoms with Crippen LogP contribution in [0.2, 0.25) is 0 Å². The van der Waals surface area contributed by atoms with E-state index >= 15 is 0 Å². The molecule has 3 fully saturated rings. The molecule has 14 heteroatoms. The van der Waals surface area contributed by atoms with E-state index in [4.69, 9.17) is 30.6 Å². The van der Waals surface area contributed by atoms with Gasteiger partial charge >= 0.3 is 35.8 Å². The molecule has 0 aliphatic heterocycles. The number of rotatable bonds is 6. The average molecular weight is 762 g/mol. The molecule has 0 unspecified atom stereocenters. The van der Waals surface area contributed by atoms with E-state index < -0.39 is 52.1 Å². The molecule has 0 saturated heterocycles. The molecule has 0 atom stereocenters. The molecule has 3 aliphatic rings. The van der Waals surface area contributed by atoms with Crippen molar-refractivity contribution in [2.24, 2.45) is 16.2 Å². The molecular formula is C18H24Ho2O12. The van der Waals surface area contributed by atoms with Crippen LogP contribution in [0, 0.1) is 91.7 Å². The summed E-state index contributed by atoms with van der Waals surface area (Å²) >= 11 is 0. The Bertz CT molecular complexity index is 603. The Hall–Kier alpha value is -0.661. The standard InChI is InChI=1S/3C6H8O4.2Ho/c3*7-4(8)6(5(9)10)2-1-3-6;;/h3*1-3H2,(H,7,8)(H,9,10);;. The second-order valence-corrected chi connectivity index (χ2v) is 7.64. The van der Waals surface area contributed by atoms with Gasteiger partial charge in [0.2, 0.25) is 0 Å². The molecule has 0 heterocycles. The van der Waals surface area contributed by atoms with E-state index in [-0.39, 0.29) is 114 Å². The molecule has 190 valence electrons. The Morgan fingerprint density at radius 1 is 0.375 bits per heavy atom. The van der Waals surface area contributed by atoms with Crippen molar-refractivity contribution in [1.29, 1.82) is 0 Å². The molecule has 0 aromatic carbocycles. The number of hydrogen-bond donors (Lipinski definition) is 6. The zero-order chi connectivity index (χ0) is 23.3. The summed E-state index contributed by atoms with van der Waals surface area (Å²) < 4.78 is 0. The van der Waals surface area contributed by atoms with Crippen LogP contribution in [0.25, 0.3) is 0 Å². The molecule has 32 heavy (non-hydrogen) atoms. The SMILES string of the molecule is O=C(O)C1(C(=O)O)CCC1.O=C(O)C1(C(=O)O)CCC1.O=C(O)C1(C(=O)O)CCC1.[Ho].[Ho]. The van der Waals surface area contributed by atoms with Gasteiger partial charge in [-0.25, -0.2) is 0 Å². The Morgan fingerprint density at radius 2 is 0.500 bits per heavy atom. The van der Waals surface area contributed by atoms with Crippen LogP contribution >= 0.6 is 0 Å². The summed E-state index contributed by atoms with van der Waals surface area (Å²) in [6, 6.07) is 0. The topological polar surface area (TPSA) is 224 Å². The van der Waals surface area contributed by atoms with Gasteiger partial charge in [-0.1, -0.05) is 0 Å². The number of carboxylic acids is 6. The van der Waals surface area contributed by atoms with E-state index in [0.29, 0.717) is 19.3 Å². The number of carbonyl (C=O) groups is 6. The molecule has 0 aromatic rings. The Labute approximate surface area is 242 Å². The van der Waals surface area contributed by atoms with Crippen molar-refractivity contribution in [3.63, 3.8) is 0 Å². The van der Waals surface area contributed by atoms with Crippen LogP contribution in [0.4, 0.5) is 0 Å². The van der Waals surface area contributed by atoms with E-state index in [1.165, 1.54) is 0 Å². The first-order valence-electron chi connectivity index (χ1n) is 9.19. The normalized spacial score (nSPS) is 19.9. The van der Waals surface area contributed by atoms with E-state index in [0.717, 1.165) is 0 Å². The first-order valence-corrected chi connectivity index (χ1v) is 9.19. The summed E-state index contributed by atoms with van der Waals surface area (Å²) in [6.45, 7) is 0. The van der Waals surface area contributed by atoms with Gasteiger partial charge in [-0.2, -0.15) is 0 Å². The van der Waals surface area contributed by atoms with Crippen molar-refractivity contribution in [2.45, 2.75) is 57.8 Å². The van der Waals surface area contributed by atoms with Crippen molar-refractivity contribution in [2.75, 3.05) is 0 Å². The molecule has 3 rings (SSSR count). The molecule has 0 bridgehead atoms. The molecule has 0 spiro atoms. The van der Waals surface area contributed by atoms with Crippen LogP contribution in [-0.2, 0) is 28.8 Å². The minimum absolute atomic E-state index is 0. The Kier molecular flexibility index (Phi) is 13.9. The van der Waals surface area contributed by atoms with Crippen molar-refractivity contribution in [1.82, 2.24) is 0 Å². The second-order valence-electron chi connectivity index (χ2n) is 7.64. The van der Waals surface area contributed by atoms with Crippen LogP contribution < -0.4 is 0 Å². The fourth-order valence-electron chi connectivity index (χ4n) is 3.15.